The van der Waals surface area contributed by atoms with Crippen LogP contribution in [0.3, 0.4) is 0 Å². The van der Waals surface area contributed by atoms with Gasteiger partial charge in [0.25, 0.3) is 0 Å². The van der Waals surface area contributed by atoms with Crippen LogP contribution in [0, 0.1) is 5.82 Å². The highest BCUT2D eigenvalue weighted by molar-refractivity contribution is 9.10. The summed E-state index contributed by atoms with van der Waals surface area (Å²) in [7, 11) is 0. The molecular weight excluding hydrogens is 249 g/mol. The zero-order chi connectivity index (χ0) is 10.3. The van der Waals surface area contributed by atoms with Gasteiger partial charge >= 0.3 is 0 Å². The van der Waals surface area contributed by atoms with Crippen LogP contribution >= 0.6 is 15.9 Å². The van der Waals surface area contributed by atoms with E-state index in [-0.39, 0.29) is 11.3 Å². The van der Waals surface area contributed by atoms with Crippen molar-refractivity contribution in [3.8, 4) is 0 Å². The third kappa shape index (κ3) is 1.34. The largest absolute Gasteiger partial charge is 0.398 e. The lowest BCUT2D eigenvalue weighted by Gasteiger charge is -2.18. The maximum absolute atomic E-state index is 13.5. The van der Waals surface area contributed by atoms with Crippen LogP contribution < -0.4 is 5.73 Å². The highest BCUT2D eigenvalue weighted by atomic mass is 79.9. The molecule has 0 amide bonds. The van der Waals surface area contributed by atoms with Crippen molar-refractivity contribution in [1.82, 2.24) is 0 Å². The molecule has 1 aromatic carbocycles. The Morgan fingerprint density at radius 2 is 2.14 bits per heavy atom. The van der Waals surface area contributed by atoms with E-state index >= 15 is 0 Å². The van der Waals surface area contributed by atoms with E-state index in [9.17, 15) is 9.18 Å². The molecule has 14 heavy (non-hydrogen) atoms. The fraction of sp³-hybridized carbons (Fsp3) is 0.300. The number of carbonyl (C=O) groups excluding carboxylic acids is 1. The van der Waals surface area contributed by atoms with Gasteiger partial charge in [-0.15, -0.1) is 0 Å². The first-order valence-electron chi connectivity index (χ1n) is 4.41. The Balaban J connectivity index is 2.72. The van der Waals surface area contributed by atoms with Crippen LogP contribution in [0.5, 0.6) is 0 Å². The molecule has 0 unspecified atom stereocenters. The van der Waals surface area contributed by atoms with E-state index < -0.39 is 5.82 Å². The minimum absolute atomic E-state index is 0.136. The number of carbonyl (C=O) groups is 1. The average Bonchev–Trinajstić information content (AvgIpc) is 2.14. The van der Waals surface area contributed by atoms with E-state index in [1.165, 1.54) is 6.07 Å². The number of Topliss-reactive ketones (excluding diaryl/α,β-unsaturated/α-hetero) is 1. The molecule has 2 N–H and O–H groups in total. The van der Waals surface area contributed by atoms with Crippen LogP contribution in [-0.4, -0.2) is 5.78 Å². The quantitative estimate of drug-likeness (QED) is 0.727. The molecule has 0 radical (unpaired) electrons. The van der Waals surface area contributed by atoms with Gasteiger partial charge < -0.3 is 5.73 Å². The summed E-state index contributed by atoms with van der Waals surface area (Å²) in [6, 6.07) is 1.26. The van der Waals surface area contributed by atoms with Gasteiger partial charge in [-0.25, -0.2) is 4.39 Å². The van der Waals surface area contributed by atoms with Crippen LogP contribution in [-0.2, 0) is 6.42 Å². The molecule has 0 aromatic heterocycles. The molecule has 0 fully saturated rings. The number of nitrogens with two attached hydrogens (primary N) is 1. The first-order valence-corrected chi connectivity index (χ1v) is 5.20. The van der Waals surface area contributed by atoms with Gasteiger partial charge in [0.05, 0.1) is 5.56 Å². The van der Waals surface area contributed by atoms with Gasteiger partial charge in [0.1, 0.15) is 5.82 Å². The van der Waals surface area contributed by atoms with Crippen LogP contribution in [0.25, 0.3) is 0 Å². The standard InChI is InChI=1S/C10H9BrFNO/c11-6-4-7(12)9-5(10(6)13)2-1-3-8(9)14/h4H,1-3,13H2. The number of anilines is 1. The maximum atomic E-state index is 13.5. The van der Waals surface area contributed by atoms with Crippen LogP contribution in [0.2, 0.25) is 0 Å². The molecule has 2 rings (SSSR count). The molecule has 1 aliphatic rings. The third-order valence-electron chi connectivity index (χ3n) is 2.49. The van der Waals surface area contributed by atoms with Gasteiger partial charge in [0, 0.05) is 16.6 Å². The average molecular weight is 258 g/mol. The molecule has 1 aliphatic carbocycles. The van der Waals surface area contributed by atoms with Crippen molar-refractivity contribution in [3.05, 3.63) is 27.5 Å². The van der Waals surface area contributed by atoms with E-state index in [4.69, 9.17) is 5.73 Å². The second-order valence-electron chi connectivity index (χ2n) is 3.38. The summed E-state index contributed by atoms with van der Waals surface area (Å²) in [5.41, 5.74) is 7.12. The normalized spacial score (nSPS) is 15.4. The van der Waals surface area contributed by atoms with E-state index in [2.05, 4.69) is 15.9 Å². The van der Waals surface area contributed by atoms with Crippen molar-refractivity contribution in [2.45, 2.75) is 19.3 Å². The number of hydrogen-bond donors (Lipinski definition) is 1. The number of fused-ring (bicyclic) bond motifs is 1. The summed E-state index contributed by atoms with van der Waals surface area (Å²) >= 11 is 3.17. The minimum Gasteiger partial charge on any atom is -0.398 e. The van der Waals surface area contributed by atoms with Crippen molar-refractivity contribution < 1.29 is 9.18 Å². The summed E-state index contributed by atoms with van der Waals surface area (Å²) in [5.74, 6) is -0.603. The molecule has 2 nitrogen and oxygen atoms in total. The Hall–Kier alpha value is -0.900. The Kier molecular flexibility index (Phi) is 2.31. The number of halogens is 2. The lowest BCUT2D eigenvalue weighted by molar-refractivity contribution is 0.0968. The number of nitrogen functional groups attached to an aromatic ring is 1. The van der Waals surface area contributed by atoms with Crippen molar-refractivity contribution in [3.63, 3.8) is 0 Å². The SMILES string of the molecule is Nc1c(Br)cc(F)c2c1CCCC2=O. The molecule has 4 heteroatoms. The number of rotatable bonds is 0. The predicted molar refractivity (Wildman–Crippen MR) is 55.8 cm³/mol. The third-order valence-corrected chi connectivity index (χ3v) is 3.14. The number of hydrogen-bond acceptors (Lipinski definition) is 2. The Labute approximate surface area is 89.4 Å². The fourth-order valence-corrected chi connectivity index (χ4v) is 2.24. The van der Waals surface area contributed by atoms with E-state index in [0.29, 0.717) is 28.6 Å². The van der Waals surface area contributed by atoms with Crippen molar-refractivity contribution in [2.75, 3.05) is 5.73 Å². The van der Waals surface area contributed by atoms with Crippen molar-refractivity contribution in [2.24, 2.45) is 0 Å². The van der Waals surface area contributed by atoms with Gasteiger partial charge in [0.2, 0.25) is 0 Å². The Morgan fingerprint density at radius 3 is 2.86 bits per heavy atom. The number of ketones is 1. The summed E-state index contributed by atoms with van der Waals surface area (Å²) < 4.78 is 14.0. The zero-order valence-electron chi connectivity index (χ0n) is 7.44. The molecule has 74 valence electrons. The molecule has 0 atom stereocenters. The lowest BCUT2D eigenvalue weighted by atomic mass is 9.89. The molecule has 0 bridgehead atoms. The highest BCUT2D eigenvalue weighted by Gasteiger charge is 2.24. The molecule has 0 spiro atoms. The summed E-state index contributed by atoms with van der Waals surface area (Å²) in [6.45, 7) is 0. The molecular formula is C10H9BrFNO. The molecule has 0 saturated carbocycles. The van der Waals surface area contributed by atoms with Gasteiger partial charge in [0.15, 0.2) is 5.78 Å². The Morgan fingerprint density at radius 1 is 1.43 bits per heavy atom. The topological polar surface area (TPSA) is 43.1 Å². The van der Waals surface area contributed by atoms with Crippen LogP contribution in [0.15, 0.2) is 10.5 Å². The summed E-state index contributed by atoms with van der Waals surface area (Å²) in [5, 5.41) is 0. The van der Waals surface area contributed by atoms with E-state index in [0.717, 1.165) is 6.42 Å². The predicted octanol–water partition coefficient (Wildman–Crippen LogP) is 2.69. The maximum Gasteiger partial charge on any atom is 0.166 e. The first kappa shape index (κ1) is 9.65. The van der Waals surface area contributed by atoms with Crippen LogP contribution in [0.4, 0.5) is 10.1 Å². The van der Waals surface area contributed by atoms with Crippen LogP contribution in [0.1, 0.15) is 28.8 Å². The summed E-state index contributed by atoms with van der Waals surface area (Å²) in [6.07, 6.45) is 1.86. The second kappa shape index (κ2) is 3.35. The van der Waals surface area contributed by atoms with Gasteiger partial charge in [-0.3, -0.25) is 4.79 Å². The second-order valence-corrected chi connectivity index (χ2v) is 4.24. The molecule has 0 heterocycles. The van der Waals surface area contributed by atoms with Crippen molar-refractivity contribution in [1.29, 1.82) is 0 Å². The van der Waals surface area contributed by atoms with Crippen molar-refractivity contribution >= 4 is 27.4 Å². The van der Waals surface area contributed by atoms with E-state index in [1.807, 2.05) is 0 Å². The monoisotopic (exact) mass is 257 g/mol. The summed E-state index contributed by atoms with van der Waals surface area (Å²) in [4.78, 5) is 11.5. The molecule has 0 aliphatic heterocycles. The smallest absolute Gasteiger partial charge is 0.166 e. The minimum atomic E-state index is -0.467. The van der Waals surface area contributed by atoms with Gasteiger partial charge in [-0.05, 0) is 40.4 Å². The highest BCUT2D eigenvalue weighted by Crippen LogP contribution is 2.33. The van der Waals surface area contributed by atoms with Gasteiger partial charge in [-0.2, -0.15) is 0 Å². The number of benzene rings is 1. The lowest BCUT2D eigenvalue weighted by Crippen LogP contribution is -2.15. The molecule has 1 aromatic rings. The fourth-order valence-electron chi connectivity index (χ4n) is 1.80. The first-order chi connectivity index (χ1) is 6.61. The van der Waals surface area contributed by atoms with Gasteiger partial charge in [-0.1, -0.05) is 0 Å². The van der Waals surface area contributed by atoms with E-state index in [1.54, 1.807) is 0 Å². The molecule has 0 saturated heterocycles. The Bertz CT molecular complexity index is 417. The zero-order valence-corrected chi connectivity index (χ0v) is 9.03.